The molecule has 0 aliphatic carbocycles. The van der Waals surface area contributed by atoms with Crippen LogP contribution in [0.2, 0.25) is 0 Å². The Morgan fingerprint density at radius 2 is 1.54 bits per heavy atom. The van der Waals surface area contributed by atoms with Crippen LogP contribution in [0.5, 0.6) is 0 Å². The van der Waals surface area contributed by atoms with Crippen molar-refractivity contribution in [1.29, 1.82) is 0 Å². The smallest absolute Gasteiger partial charge is 0.410 e. The largest absolute Gasteiger partial charge is 0.478 e. The molecule has 2 aromatic rings. The van der Waals surface area contributed by atoms with Crippen LogP contribution in [0.25, 0.3) is 0 Å². The molecule has 1 amide bonds. The van der Waals surface area contributed by atoms with Gasteiger partial charge >= 0.3 is 18.0 Å². The van der Waals surface area contributed by atoms with Gasteiger partial charge in [-0.2, -0.15) is 0 Å². The number of nitrogens with zero attached hydrogens (tertiary/aromatic N) is 7. The number of rotatable bonds is 4. The van der Waals surface area contributed by atoms with Gasteiger partial charge in [-0.1, -0.05) is 0 Å². The van der Waals surface area contributed by atoms with Crippen molar-refractivity contribution in [2.24, 2.45) is 0 Å². The second-order valence-electron chi connectivity index (χ2n) is 11.6. The molecule has 4 rings (SSSR count). The fraction of sp³-hybridized carbons (Fsp3) is 0.577. The zero-order chi connectivity index (χ0) is 28.5. The molecule has 210 valence electrons. The number of carbonyl (C=O) groups is 3. The molecule has 0 saturated carbocycles. The molecule has 0 spiro atoms. The Labute approximate surface area is 227 Å². The maximum absolute atomic E-state index is 13.3. The maximum atomic E-state index is 13.3. The molecule has 2 aliphatic heterocycles. The first-order valence-corrected chi connectivity index (χ1v) is 12.8. The predicted octanol–water partition coefficient (Wildman–Crippen LogP) is 2.29. The van der Waals surface area contributed by atoms with Gasteiger partial charge in [0, 0.05) is 50.2 Å². The molecule has 2 aromatic heterocycles. The zero-order valence-electron chi connectivity index (χ0n) is 23.2. The Morgan fingerprint density at radius 1 is 0.897 bits per heavy atom. The molecule has 0 aromatic carbocycles. The van der Waals surface area contributed by atoms with Crippen LogP contribution in [-0.4, -0.2) is 91.4 Å². The van der Waals surface area contributed by atoms with Crippen LogP contribution in [-0.2, 0) is 27.2 Å². The lowest BCUT2D eigenvalue weighted by molar-refractivity contribution is -0.156. The second-order valence-corrected chi connectivity index (χ2v) is 11.6. The first kappa shape index (κ1) is 28.0. The lowest BCUT2D eigenvalue weighted by Gasteiger charge is -2.41. The topological polar surface area (TPSA) is 151 Å². The van der Waals surface area contributed by atoms with Gasteiger partial charge in [0.2, 0.25) is 11.9 Å². The minimum absolute atomic E-state index is 0.0427. The minimum Gasteiger partial charge on any atom is -0.478 e. The highest BCUT2D eigenvalue weighted by atomic mass is 16.6. The number of esters is 1. The third-order valence-corrected chi connectivity index (χ3v) is 6.06. The number of fused-ring (bicyclic) bond motifs is 1. The lowest BCUT2D eigenvalue weighted by atomic mass is 10.1. The van der Waals surface area contributed by atoms with E-state index in [1.165, 1.54) is 12.4 Å². The number of amides is 1. The highest BCUT2D eigenvalue weighted by Crippen LogP contribution is 2.25. The number of carbonyl (C=O) groups excluding carboxylic acids is 2. The molecule has 1 saturated heterocycles. The summed E-state index contributed by atoms with van der Waals surface area (Å²) in [6.07, 6.45) is 4.35. The summed E-state index contributed by atoms with van der Waals surface area (Å²) in [6, 6.07) is -0.768. The van der Waals surface area contributed by atoms with Crippen LogP contribution in [0.3, 0.4) is 0 Å². The van der Waals surface area contributed by atoms with Gasteiger partial charge in [0.15, 0.2) is 0 Å². The van der Waals surface area contributed by atoms with Crippen molar-refractivity contribution in [3.63, 3.8) is 0 Å². The number of carboxylic acid groups (broad SMARTS) is 1. The number of hydrogen-bond acceptors (Lipinski definition) is 11. The molecular weight excluding hydrogens is 506 g/mol. The number of carboxylic acids is 1. The Kier molecular flexibility index (Phi) is 7.62. The number of aromatic nitrogens is 4. The van der Waals surface area contributed by atoms with E-state index in [1.54, 1.807) is 36.8 Å². The van der Waals surface area contributed by atoms with E-state index in [0.29, 0.717) is 38.5 Å². The van der Waals surface area contributed by atoms with Crippen LogP contribution in [0.1, 0.15) is 63.2 Å². The Morgan fingerprint density at radius 3 is 2.15 bits per heavy atom. The minimum atomic E-state index is -1.13. The van der Waals surface area contributed by atoms with E-state index in [-0.39, 0.29) is 24.1 Å². The van der Waals surface area contributed by atoms with Crippen molar-refractivity contribution >= 4 is 29.9 Å². The molecule has 0 radical (unpaired) electrons. The van der Waals surface area contributed by atoms with Gasteiger partial charge in [0.1, 0.15) is 17.2 Å². The second kappa shape index (κ2) is 10.6. The van der Waals surface area contributed by atoms with E-state index in [0.717, 1.165) is 11.3 Å². The van der Waals surface area contributed by atoms with Crippen molar-refractivity contribution in [2.75, 3.05) is 36.0 Å². The molecule has 1 N–H and O–H groups in total. The number of anilines is 2. The molecule has 1 fully saturated rings. The quantitative estimate of drug-likeness (QED) is 0.565. The lowest BCUT2D eigenvalue weighted by Crippen LogP contribution is -2.58. The summed E-state index contributed by atoms with van der Waals surface area (Å²) in [5.41, 5.74) is 0.377. The fourth-order valence-electron chi connectivity index (χ4n) is 4.30. The van der Waals surface area contributed by atoms with Crippen molar-refractivity contribution in [3.8, 4) is 0 Å². The van der Waals surface area contributed by atoms with Gasteiger partial charge < -0.3 is 29.3 Å². The number of ether oxygens (including phenoxy) is 2. The van der Waals surface area contributed by atoms with Crippen molar-refractivity contribution in [1.82, 2.24) is 24.8 Å². The van der Waals surface area contributed by atoms with Gasteiger partial charge in [-0.15, -0.1) is 0 Å². The summed E-state index contributed by atoms with van der Waals surface area (Å²) >= 11 is 0. The zero-order valence-corrected chi connectivity index (χ0v) is 23.2. The van der Waals surface area contributed by atoms with Crippen LogP contribution in [0.15, 0.2) is 18.6 Å². The molecule has 13 nitrogen and oxygen atoms in total. The summed E-state index contributed by atoms with van der Waals surface area (Å²) in [4.78, 5) is 59.9. The average Bonchev–Trinajstić information content (AvgIpc) is 2.85. The molecule has 13 heteroatoms. The van der Waals surface area contributed by atoms with Crippen LogP contribution >= 0.6 is 0 Å². The van der Waals surface area contributed by atoms with Crippen molar-refractivity contribution < 1.29 is 29.0 Å². The van der Waals surface area contributed by atoms with E-state index < -0.39 is 29.2 Å². The third kappa shape index (κ3) is 6.89. The first-order valence-electron chi connectivity index (χ1n) is 12.8. The van der Waals surface area contributed by atoms with E-state index in [1.807, 2.05) is 25.7 Å². The van der Waals surface area contributed by atoms with Crippen molar-refractivity contribution in [2.45, 2.75) is 71.8 Å². The Balaban J connectivity index is 1.53. The fourth-order valence-corrected chi connectivity index (χ4v) is 4.30. The monoisotopic (exact) mass is 541 g/mol. The van der Waals surface area contributed by atoms with E-state index in [9.17, 15) is 19.5 Å². The third-order valence-electron chi connectivity index (χ3n) is 6.06. The standard InChI is InChI=1S/C26H35N7O6/c1-25(2,3)38-21(36)19-15-31(9-10-33(19)22-27-11-16(12-28-22)20(34)35)23-29-13-17-14-32(8-7-18(17)30-23)24(37)39-26(4,5)6/h11-13,19H,7-10,14-15H2,1-6H3,(H,34,35)/t19-/m1/s1. The normalized spacial score (nSPS) is 17.9. The number of piperazine rings is 1. The van der Waals surface area contributed by atoms with E-state index >= 15 is 0 Å². The van der Waals surface area contributed by atoms with Crippen LogP contribution in [0, 0.1) is 0 Å². The van der Waals surface area contributed by atoms with Gasteiger partial charge in [0.25, 0.3) is 0 Å². The predicted molar refractivity (Wildman–Crippen MR) is 141 cm³/mol. The van der Waals surface area contributed by atoms with Gasteiger partial charge in [-0.3, -0.25) is 0 Å². The maximum Gasteiger partial charge on any atom is 0.410 e. The summed E-state index contributed by atoms with van der Waals surface area (Å²) < 4.78 is 11.2. The molecular formula is C26H35N7O6. The number of aromatic carboxylic acids is 1. The molecule has 0 bridgehead atoms. The Hall–Kier alpha value is -4.03. The summed E-state index contributed by atoms with van der Waals surface area (Å²) in [5.74, 6) is -0.864. The summed E-state index contributed by atoms with van der Waals surface area (Å²) in [7, 11) is 0. The average molecular weight is 542 g/mol. The van der Waals surface area contributed by atoms with E-state index in [2.05, 4.69) is 15.0 Å². The first-order chi connectivity index (χ1) is 18.2. The van der Waals surface area contributed by atoms with Crippen LogP contribution < -0.4 is 9.80 Å². The molecule has 2 aliphatic rings. The highest BCUT2D eigenvalue weighted by molar-refractivity contribution is 5.87. The molecule has 4 heterocycles. The van der Waals surface area contributed by atoms with E-state index in [4.69, 9.17) is 14.5 Å². The molecule has 0 unspecified atom stereocenters. The molecule has 39 heavy (non-hydrogen) atoms. The number of hydrogen-bond donors (Lipinski definition) is 1. The molecule has 1 atom stereocenters. The summed E-state index contributed by atoms with van der Waals surface area (Å²) in [6.45, 7) is 12.8. The van der Waals surface area contributed by atoms with Gasteiger partial charge in [-0.05, 0) is 41.5 Å². The highest BCUT2D eigenvalue weighted by Gasteiger charge is 2.38. The van der Waals surface area contributed by atoms with Crippen molar-refractivity contribution in [3.05, 3.63) is 35.4 Å². The van der Waals surface area contributed by atoms with Gasteiger partial charge in [0.05, 0.1) is 24.3 Å². The SMILES string of the molecule is CC(C)(C)OC(=O)[C@H]1CN(c2ncc3c(n2)CCN(C(=O)OC(C)(C)C)C3)CCN1c1ncc(C(=O)O)cn1. The summed E-state index contributed by atoms with van der Waals surface area (Å²) in [5, 5.41) is 9.17. The Bertz CT molecular complexity index is 1240. The van der Waals surface area contributed by atoms with Crippen LogP contribution in [0.4, 0.5) is 16.7 Å². The van der Waals surface area contributed by atoms with Gasteiger partial charge in [-0.25, -0.2) is 34.3 Å².